The van der Waals surface area contributed by atoms with Crippen LogP contribution in [0.4, 0.5) is 0 Å². The van der Waals surface area contributed by atoms with Gasteiger partial charge in [0.05, 0.1) is 17.3 Å². The lowest BCUT2D eigenvalue weighted by Crippen LogP contribution is -2.36. The Morgan fingerprint density at radius 1 is 1.25 bits per heavy atom. The van der Waals surface area contributed by atoms with E-state index in [0.717, 1.165) is 35.4 Å². The third kappa shape index (κ3) is 4.35. The van der Waals surface area contributed by atoms with Crippen LogP contribution in [0.2, 0.25) is 0 Å². The van der Waals surface area contributed by atoms with Gasteiger partial charge in [-0.1, -0.05) is 31.1 Å². The number of nitriles is 1. The van der Waals surface area contributed by atoms with Gasteiger partial charge in [-0.05, 0) is 24.1 Å². The predicted octanol–water partition coefficient (Wildman–Crippen LogP) is 2.54. The minimum absolute atomic E-state index is 0.597. The second-order valence-corrected chi connectivity index (χ2v) is 5.33. The highest BCUT2D eigenvalue weighted by Gasteiger charge is 2.13. The molecule has 0 radical (unpaired) electrons. The molecule has 0 amide bonds. The smallest absolute Gasteiger partial charge is 0.191 e. The number of rotatable bonds is 6. The van der Waals surface area contributed by atoms with Crippen molar-refractivity contribution in [3.05, 3.63) is 52.4 Å². The molecular formula is C18H23N5O. The molecule has 0 atom stereocenters. The van der Waals surface area contributed by atoms with Crippen molar-refractivity contribution in [3.63, 3.8) is 0 Å². The summed E-state index contributed by atoms with van der Waals surface area (Å²) in [6, 6.07) is 9.66. The molecule has 1 aromatic heterocycles. The van der Waals surface area contributed by atoms with E-state index in [9.17, 15) is 0 Å². The summed E-state index contributed by atoms with van der Waals surface area (Å²) in [5.74, 6) is 1.61. The average molecular weight is 325 g/mol. The lowest BCUT2D eigenvalue weighted by atomic mass is 10.1. The molecule has 24 heavy (non-hydrogen) atoms. The summed E-state index contributed by atoms with van der Waals surface area (Å²) < 4.78 is 5.38. The Morgan fingerprint density at radius 3 is 2.71 bits per heavy atom. The Hall–Kier alpha value is -2.81. The van der Waals surface area contributed by atoms with Gasteiger partial charge in [0, 0.05) is 32.1 Å². The standard InChI is InChI=1S/C18H23N5O/c1-4-16-15(17(5-2)24-23-16)12-22-18(20-3)21-11-14-8-6-7-13(9-14)10-19/h6-9H,4-5,11-12H2,1-3H3,(H2,20,21,22). The summed E-state index contributed by atoms with van der Waals surface area (Å²) in [5.41, 5.74) is 3.78. The van der Waals surface area contributed by atoms with Crippen LogP contribution in [-0.2, 0) is 25.9 Å². The highest BCUT2D eigenvalue weighted by molar-refractivity contribution is 5.79. The van der Waals surface area contributed by atoms with Crippen LogP contribution in [0.5, 0.6) is 0 Å². The molecule has 6 nitrogen and oxygen atoms in total. The first-order chi connectivity index (χ1) is 11.7. The van der Waals surface area contributed by atoms with E-state index < -0.39 is 0 Å². The first kappa shape index (κ1) is 17.5. The van der Waals surface area contributed by atoms with Crippen LogP contribution in [0.3, 0.4) is 0 Å². The highest BCUT2D eigenvalue weighted by Crippen LogP contribution is 2.15. The maximum Gasteiger partial charge on any atom is 0.191 e. The fourth-order valence-corrected chi connectivity index (χ4v) is 2.47. The van der Waals surface area contributed by atoms with E-state index in [-0.39, 0.29) is 0 Å². The lowest BCUT2D eigenvalue weighted by molar-refractivity contribution is 0.380. The first-order valence-corrected chi connectivity index (χ1v) is 8.11. The van der Waals surface area contributed by atoms with Crippen LogP contribution in [0.25, 0.3) is 0 Å². The lowest BCUT2D eigenvalue weighted by Gasteiger charge is -2.12. The van der Waals surface area contributed by atoms with Crippen molar-refractivity contribution < 1.29 is 4.52 Å². The monoisotopic (exact) mass is 325 g/mol. The van der Waals surface area contributed by atoms with Gasteiger partial charge in [0.15, 0.2) is 5.96 Å². The zero-order valence-corrected chi connectivity index (χ0v) is 14.4. The Balaban J connectivity index is 1.96. The molecule has 126 valence electrons. The first-order valence-electron chi connectivity index (χ1n) is 8.11. The van der Waals surface area contributed by atoms with Crippen molar-refractivity contribution >= 4 is 5.96 Å². The number of guanidine groups is 1. The second-order valence-electron chi connectivity index (χ2n) is 5.33. The summed E-state index contributed by atoms with van der Waals surface area (Å²) in [6.45, 7) is 5.34. The normalized spacial score (nSPS) is 11.2. The fraction of sp³-hybridized carbons (Fsp3) is 0.389. The van der Waals surface area contributed by atoms with Crippen LogP contribution < -0.4 is 10.6 Å². The van der Waals surface area contributed by atoms with Crippen LogP contribution in [0, 0.1) is 11.3 Å². The zero-order valence-electron chi connectivity index (χ0n) is 14.4. The zero-order chi connectivity index (χ0) is 17.4. The third-order valence-electron chi connectivity index (χ3n) is 3.78. The van der Waals surface area contributed by atoms with Crippen molar-refractivity contribution in [2.24, 2.45) is 4.99 Å². The molecule has 2 aromatic rings. The Kier molecular flexibility index (Phi) is 6.38. The van der Waals surface area contributed by atoms with Gasteiger partial charge in [0.1, 0.15) is 5.76 Å². The Morgan fingerprint density at radius 2 is 2.04 bits per heavy atom. The summed E-state index contributed by atoms with van der Waals surface area (Å²) >= 11 is 0. The van der Waals surface area contributed by atoms with Crippen molar-refractivity contribution in [1.82, 2.24) is 15.8 Å². The van der Waals surface area contributed by atoms with E-state index in [4.69, 9.17) is 9.78 Å². The Labute approximate surface area is 142 Å². The highest BCUT2D eigenvalue weighted by atomic mass is 16.5. The minimum Gasteiger partial charge on any atom is -0.361 e. The topological polar surface area (TPSA) is 86.2 Å². The van der Waals surface area contributed by atoms with Crippen LogP contribution in [-0.4, -0.2) is 18.2 Å². The van der Waals surface area contributed by atoms with Gasteiger partial charge in [-0.15, -0.1) is 0 Å². The molecule has 0 saturated carbocycles. The van der Waals surface area contributed by atoms with Gasteiger partial charge < -0.3 is 15.2 Å². The van der Waals surface area contributed by atoms with Crippen molar-refractivity contribution in [2.75, 3.05) is 7.05 Å². The van der Waals surface area contributed by atoms with E-state index in [1.165, 1.54) is 0 Å². The number of aliphatic imine (C=N–C) groups is 1. The number of hydrogen-bond acceptors (Lipinski definition) is 4. The van der Waals surface area contributed by atoms with E-state index in [2.05, 4.69) is 40.7 Å². The molecule has 1 heterocycles. The Bertz CT molecular complexity index is 721. The molecule has 0 spiro atoms. The van der Waals surface area contributed by atoms with Crippen LogP contribution >= 0.6 is 0 Å². The molecule has 0 unspecified atom stereocenters. The second kappa shape index (κ2) is 8.73. The number of nitrogens with zero attached hydrogens (tertiary/aromatic N) is 3. The van der Waals surface area contributed by atoms with Crippen molar-refractivity contribution in [3.8, 4) is 6.07 Å². The number of nitrogens with one attached hydrogen (secondary N) is 2. The van der Waals surface area contributed by atoms with Crippen LogP contribution in [0.1, 0.15) is 42.0 Å². The summed E-state index contributed by atoms with van der Waals surface area (Å²) in [5, 5.41) is 19.6. The molecule has 0 aliphatic heterocycles. The van der Waals surface area contributed by atoms with Gasteiger partial charge in [-0.25, -0.2) is 0 Å². The fourth-order valence-electron chi connectivity index (χ4n) is 2.47. The van der Waals surface area contributed by atoms with E-state index in [0.29, 0.717) is 24.6 Å². The molecule has 1 aromatic carbocycles. The molecular weight excluding hydrogens is 302 g/mol. The van der Waals surface area contributed by atoms with E-state index in [1.54, 1.807) is 13.1 Å². The summed E-state index contributed by atoms with van der Waals surface area (Å²) in [4.78, 5) is 4.23. The number of benzene rings is 1. The van der Waals surface area contributed by atoms with Crippen molar-refractivity contribution in [1.29, 1.82) is 5.26 Å². The molecule has 2 rings (SSSR count). The van der Waals surface area contributed by atoms with Crippen LogP contribution in [0.15, 0.2) is 33.8 Å². The van der Waals surface area contributed by atoms with E-state index in [1.807, 2.05) is 18.2 Å². The SMILES string of the molecule is CCc1noc(CC)c1CNC(=NC)NCc1cccc(C#N)c1. The number of aryl methyl sites for hydroxylation is 2. The largest absolute Gasteiger partial charge is 0.361 e. The number of aromatic nitrogens is 1. The average Bonchev–Trinajstić information content (AvgIpc) is 3.04. The van der Waals surface area contributed by atoms with E-state index >= 15 is 0 Å². The summed E-state index contributed by atoms with van der Waals surface area (Å²) in [7, 11) is 1.73. The predicted molar refractivity (Wildman–Crippen MR) is 93.5 cm³/mol. The quantitative estimate of drug-likeness (QED) is 0.629. The molecule has 0 aliphatic rings. The molecule has 2 N–H and O–H groups in total. The van der Waals surface area contributed by atoms with Gasteiger partial charge in [0.25, 0.3) is 0 Å². The minimum atomic E-state index is 0.597. The van der Waals surface area contributed by atoms with Gasteiger partial charge >= 0.3 is 0 Å². The van der Waals surface area contributed by atoms with Gasteiger partial charge in [-0.3, -0.25) is 4.99 Å². The maximum atomic E-state index is 8.95. The molecule has 6 heteroatoms. The third-order valence-corrected chi connectivity index (χ3v) is 3.78. The molecule has 0 saturated heterocycles. The van der Waals surface area contributed by atoms with Gasteiger partial charge in [0.2, 0.25) is 0 Å². The molecule has 0 bridgehead atoms. The van der Waals surface area contributed by atoms with Crippen molar-refractivity contribution in [2.45, 2.75) is 39.8 Å². The maximum absolute atomic E-state index is 8.95. The van der Waals surface area contributed by atoms with Gasteiger partial charge in [-0.2, -0.15) is 5.26 Å². The summed E-state index contributed by atoms with van der Waals surface area (Å²) in [6.07, 6.45) is 1.66. The molecule has 0 aliphatic carbocycles. The number of hydrogen-bond donors (Lipinski definition) is 2. The molecule has 0 fully saturated rings.